The van der Waals surface area contributed by atoms with Crippen LogP contribution in [0.4, 0.5) is 18.9 Å². The van der Waals surface area contributed by atoms with Gasteiger partial charge in [0.1, 0.15) is 11.4 Å². The Bertz CT molecular complexity index is 575. The van der Waals surface area contributed by atoms with Crippen molar-refractivity contribution in [3.05, 3.63) is 23.8 Å². The molecule has 0 radical (unpaired) electrons. The molecule has 0 aromatic heterocycles. The van der Waals surface area contributed by atoms with E-state index in [-0.39, 0.29) is 18.0 Å². The van der Waals surface area contributed by atoms with Crippen molar-refractivity contribution in [1.82, 2.24) is 0 Å². The average Bonchev–Trinajstić information content (AvgIpc) is 2.53. The monoisotopic (exact) mass is 361 g/mol. The lowest BCUT2D eigenvalue weighted by molar-refractivity contribution is -0.140. The Labute approximate surface area is 146 Å². The number of halogens is 3. The van der Waals surface area contributed by atoms with Crippen molar-refractivity contribution in [2.75, 3.05) is 18.5 Å². The number of amides is 1. The van der Waals surface area contributed by atoms with E-state index in [1.807, 2.05) is 6.92 Å². The molecule has 1 atom stereocenters. The smallest absolute Gasteiger partial charge is 0.420 e. The quantitative estimate of drug-likeness (QED) is 0.671. The number of hydrogen-bond acceptors (Lipinski definition) is 3. The fourth-order valence-electron chi connectivity index (χ4n) is 2.46. The van der Waals surface area contributed by atoms with Crippen molar-refractivity contribution in [3.8, 4) is 5.75 Å². The molecule has 1 amide bonds. The van der Waals surface area contributed by atoms with Crippen LogP contribution in [0.3, 0.4) is 0 Å². The Balaban J connectivity index is 3.06. The molecule has 0 bridgehead atoms. The number of anilines is 1. The summed E-state index contributed by atoms with van der Waals surface area (Å²) >= 11 is 0. The van der Waals surface area contributed by atoms with E-state index < -0.39 is 23.2 Å². The number of hydrogen-bond donors (Lipinski definition) is 1. The van der Waals surface area contributed by atoms with E-state index in [4.69, 9.17) is 9.47 Å². The Hall–Kier alpha value is -1.76. The Kier molecular flexibility index (Phi) is 7.73. The average molecular weight is 361 g/mol. The summed E-state index contributed by atoms with van der Waals surface area (Å²) in [5.74, 6) is -0.716. The minimum atomic E-state index is -4.57. The molecule has 0 unspecified atom stereocenters. The highest BCUT2D eigenvalue weighted by Gasteiger charge is 2.36. The fourth-order valence-corrected chi connectivity index (χ4v) is 2.46. The summed E-state index contributed by atoms with van der Waals surface area (Å²) in [7, 11) is 0. The number of carbonyl (C=O) groups excluding carboxylic acids is 1. The number of unbranched alkanes of at least 4 members (excludes halogenated alkanes) is 1. The summed E-state index contributed by atoms with van der Waals surface area (Å²) in [6.07, 6.45) is -2.42. The zero-order valence-corrected chi connectivity index (χ0v) is 15.1. The SMILES string of the molecule is CCCC[C@](C)(OCC)C(=O)Nc1ccc(OCC)c(C(F)(F)F)c1. The van der Waals surface area contributed by atoms with Crippen LogP contribution < -0.4 is 10.1 Å². The number of nitrogens with one attached hydrogen (secondary N) is 1. The molecule has 0 fully saturated rings. The minimum absolute atomic E-state index is 0.0585. The number of carbonyl (C=O) groups is 1. The molecular formula is C18H26F3NO3. The standard InChI is InChI=1S/C18H26F3NO3/c1-5-8-11-17(4,25-7-3)16(23)22-13-9-10-15(24-6-2)14(12-13)18(19,20)21/h9-10,12H,5-8,11H2,1-4H3,(H,22,23)/t17-/m0/s1. The van der Waals surface area contributed by atoms with Crippen LogP contribution in [0.15, 0.2) is 18.2 Å². The van der Waals surface area contributed by atoms with Gasteiger partial charge in [0, 0.05) is 12.3 Å². The van der Waals surface area contributed by atoms with Crippen molar-refractivity contribution in [3.63, 3.8) is 0 Å². The van der Waals surface area contributed by atoms with Crippen molar-refractivity contribution >= 4 is 11.6 Å². The van der Waals surface area contributed by atoms with Crippen LogP contribution >= 0.6 is 0 Å². The molecule has 0 heterocycles. The van der Waals surface area contributed by atoms with Gasteiger partial charge in [-0.15, -0.1) is 0 Å². The summed E-state index contributed by atoms with van der Waals surface area (Å²) < 4.78 is 50.2. The summed E-state index contributed by atoms with van der Waals surface area (Å²) in [5, 5.41) is 2.54. The normalized spacial score (nSPS) is 14.0. The first-order valence-electron chi connectivity index (χ1n) is 8.47. The molecule has 25 heavy (non-hydrogen) atoms. The van der Waals surface area contributed by atoms with E-state index in [0.717, 1.165) is 18.9 Å². The van der Waals surface area contributed by atoms with Crippen molar-refractivity contribution in [1.29, 1.82) is 0 Å². The van der Waals surface area contributed by atoms with Gasteiger partial charge in [0.2, 0.25) is 0 Å². The van der Waals surface area contributed by atoms with E-state index in [0.29, 0.717) is 13.0 Å². The zero-order valence-electron chi connectivity index (χ0n) is 15.1. The van der Waals surface area contributed by atoms with E-state index in [1.54, 1.807) is 20.8 Å². The molecule has 1 aromatic carbocycles. The van der Waals surface area contributed by atoms with Crippen molar-refractivity contribution < 1.29 is 27.4 Å². The van der Waals surface area contributed by atoms with E-state index in [1.165, 1.54) is 12.1 Å². The molecule has 0 saturated carbocycles. The first-order valence-corrected chi connectivity index (χ1v) is 8.47. The van der Waals surface area contributed by atoms with Crippen LogP contribution in [-0.4, -0.2) is 24.7 Å². The predicted octanol–water partition coefficient (Wildman–Crippen LogP) is 5.03. The second-order valence-electron chi connectivity index (χ2n) is 5.86. The van der Waals surface area contributed by atoms with Crippen LogP contribution in [-0.2, 0) is 15.7 Å². The molecule has 0 spiro atoms. The van der Waals surface area contributed by atoms with Crippen LogP contribution in [0.5, 0.6) is 5.75 Å². The molecule has 0 aliphatic carbocycles. The van der Waals surface area contributed by atoms with Gasteiger partial charge in [-0.25, -0.2) is 0 Å². The van der Waals surface area contributed by atoms with Gasteiger partial charge in [0.05, 0.1) is 12.2 Å². The van der Waals surface area contributed by atoms with Crippen molar-refractivity contribution in [2.45, 2.75) is 58.7 Å². The fraction of sp³-hybridized carbons (Fsp3) is 0.611. The first-order chi connectivity index (χ1) is 11.7. The van der Waals surface area contributed by atoms with Crippen LogP contribution in [0.1, 0.15) is 52.5 Å². The highest BCUT2D eigenvalue weighted by molar-refractivity contribution is 5.97. The van der Waals surface area contributed by atoms with Crippen molar-refractivity contribution in [2.24, 2.45) is 0 Å². The maximum atomic E-state index is 13.2. The molecule has 0 aliphatic rings. The maximum Gasteiger partial charge on any atom is 0.420 e. The molecule has 7 heteroatoms. The molecule has 142 valence electrons. The van der Waals surface area contributed by atoms with Gasteiger partial charge in [-0.2, -0.15) is 13.2 Å². The lowest BCUT2D eigenvalue weighted by atomic mass is 9.97. The number of benzene rings is 1. The Morgan fingerprint density at radius 1 is 1.16 bits per heavy atom. The Morgan fingerprint density at radius 3 is 2.36 bits per heavy atom. The van der Waals surface area contributed by atoms with Gasteiger partial charge in [-0.3, -0.25) is 4.79 Å². The van der Waals surface area contributed by atoms with Crippen LogP contribution in [0.25, 0.3) is 0 Å². The topological polar surface area (TPSA) is 47.6 Å². The van der Waals surface area contributed by atoms with Gasteiger partial charge in [0.15, 0.2) is 0 Å². The molecule has 1 N–H and O–H groups in total. The Morgan fingerprint density at radius 2 is 1.84 bits per heavy atom. The van der Waals surface area contributed by atoms with E-state index in [2.05, 4.69) is 5.32 Å². The highest BCUT2D eigenvalue weighted by atomic mass is 19.4. The molecule has 0 aliphatic heterocycles. The third-order valence-electron chi connectivity index (χ3n) is 3.79. The summed E-state index contributed by atoms with van der Waals surface area (Å²) in [6, 6.07) is 3.49. The predicted molar refractivity (Wildman–Crippen MR) is 90.8 cm³/mol. The van der Waals surface area contributed by atoms with Gasteiger partial charge in [-0.1, -0.05) is 19.8 Å². The second kappa shape index (κ2) is 9.08. The van der Waals surface area contributed by atoms with E-state index >= 15 is 0 Å². The summed E-state index contributed by atoms with van der Waals surface area (Å²) in [6.45, 7) is 7.49. The minimum Gasteiger partial charge on any atom is -0.493 e. The molecular weight excluding hydrogens is 335 g/mol. The molecule has 0 saturated heterocycles. The zero-order chi connectivity index (χ0) is 19.1. The largest absolute Gasteiger partial charge is 0.493 e. The molecule has 4 nitrogen and oxygen atoms in total. The second-order valence-corrected chi connectivity index (χ2v) is 5.86. The molecule has 1 aromatic rings. The number of rotatable bonds is 9. The molecule has 1 rings (SSSR count). The lowest BCUT2D eigenvalue weighted by Crippen LogP contribution is -2.42. The summed E-state index contributed by atoms with van der Waals surface area (Å²) in [4.78, 5) is 12.6. The van der Waals surface area contributed by atoms with E-state index in [9.17, 15) is 18.0 Å². The lowest BCUT2D eigenvalue weighted by Gasteiger charge is -2.28. The third kappa shape index (κ3) is 5.92. The first kappa shape index (κ1) is 21.3. The van der Waals surface area contributed by atoms with Gasteiger partial charge in [0.25, 0.3) is 5.91 Å². The van der Waals surface area contributed by atoms with Gasteiger partial charge >= 0.3 is 6.18 Å². The van der Waals surface area contributed by atoms with Crippen LogP contribution in [0.2, 0.25) is 0 Å². The van der Waals surface area contributed by atoms with Gasteiger partial charge < -0.3 is 14.8 Å². The van der Waals surface area contributed by atoms with Crippen LogP contribution in [0, 0.1) is 0 Å². The maximum absolute atomic E-state index is 13.2. The number of alkyl halides is 3. The number of ether oxygens (including phenoxy) is 2. The third-order valence-corrected chi connectivity index (χ3v) is 3.79. The highest BCUT2D eigenvalue weighted by Crippen LogP contribution is 2.38. The van der Waals surface area contributed by atoms with Gasteiger partial charge in [-0.05, 0) is 45.4 Å². The summed E-state index contributed by atoms with van der Waals surface area (Å²) in [5.41, 5.74) is -1.94.